The molecule has 0 amide bonds. The van der Waals surface area contributed by atoms with Crippen molar-refractivity contribution in [2.45, 2.75) is 6.54 Å². The fourth-order valence-electron chi connectivity index (χ4n) is 1.48. The summed E-state index contributed by atoms with van der Waals surface area (Å²) in [5.41, 5.74) is 2.44. The Morgan fingerprint density at radius 1 is 1.25 bits per heavy atom. The van der Waals surface area contributed by atoms with Crippen LogP contribution < -0.4 is 5.32 Å². The average molecular weight is 260 g/mol. The molecule has 88 valence electrons. The maximum absolute atomic E-state index is 4.02. The fourth-order valence-corrected chi connectivity index (χ4v) is 1.48. The van der Waals surface area contributed by atoms with Crippen molar-refractivity contribution < 1.29 is 0 Å². The molecule has 1 aromatic carbocycles. The number of halogens is 2. The molecule has 1 aromatic heterocycles. The summed E-state index contributed by atoms with van der Waals surface area (Å²) in [5, 5.41) is 3.17. The molecular formula is C11H15Cl2N3. The van der Waals surface area contributed by atoms with Crippen molar-refractivity contribution in [1.82, 2.24) is 9.55 Å². The summed E-state index contributed by atoms with van der Waals surface area (Å²) in [7, 11) is 1.94. The van der Waals surface area contributed by atoms with E-state index in [1.807, 2.05) is 31.7 Å². The zero-order valence-electron chi connectivity index (χ0n) is 8.96. The number of aromatic nitrogens is 2. The number of imidazole rings is 1. The third-order valence-electron chi connectivity index (χ3n) is 2.20. The van der Waals surface area contributed by atoms with Crippen LogP contribution in [-0.4, -0.2) is 16.6 Å². The summed E-state index contributed by atoms with van der Waals surface area (Å²) in [5.74, 6) is 0. The van der Waals surface area contributed by atoms with Crippen LogP contribution in [0.1, 0.15) is 5.56 Å². The molecule has 0 bridgehead atoms. The Morgan fingerprint density at radius 3 is 2.62 bits per heavy atom. The van der Waals surface area contributed by atoms with Crippen LogP contribution in [0.2, 0.25) is 0 Å². The van der Waals surface area contributed by atoms with E-state index in [1.54, 1.807) is 6.20 Å². The van der Waals surface area contributed by atoms with Gasteiger partial charge in [0.15, 0.2) is 0 Å². The van der Waals surface area contributed by atoms with Crippen molar-refractivity contribution in [1.29, 1.82) is 0 Å². The van der Waals surface area contributed by atoms with Crippen molar-refractivity contribution >= 4 is 30.5 Å². The molecule has 1 heterocycles. The number of hydrogen-bond donors (Lipinski definition) is 1. The highest BCUT2D eigenvalue weighted by molar-refractivity contribution is 5.85. The second kappa shape index (κ2) is 7.14. The SMILES string of the molecule is CNc1ccccc1Cn1ccnc1.Cl.Cl. The minimum atomic E-state index is 0. The Morgan fingerprint density at radius 2 is 2.00 bits per heavy atom. The molecule has 0 aliphatic carbocycles. The standard InChI is InChI=1S/C11H13N3.2ClH/c1-12-11-5-3-2-4-10(11)8-14-7-6-13-9-14;;/h2-7,9,12H,8H2,1H3;2*1H. The van der Waals surface area contributed by atoms with Crippen molar-refractivity contribution in [2.24, 2.45) is 0 Å². The van der Waals surface area contributed by atoms with Crippen LogP contribution in [0.3, 0.4) is 0 Å². The maximum Gasteiger partial charge on any atom is 0.0949 e. The van der Waals surface area contributed by atoms with E-state index < -0.39 is 0 Å². The van der Waals surface area contributed by atoms with E-state index in [9.17, 15) is 0 Å². The van der Waals surface area contributed by atoms with Gasteiger partial charge in [0.1, 0.15) is 0 Å². The monoisotopic (exact) mass is 259 g/mol. The highest BCUT2D eigenvalue weighted by Crippen LogP contribution is 2.14. The Hall–Kier alpha value is -1.19. The van der Waals surface area contributed by atoms with Crippen LogP contribution in [0.5, 0.6) is 0 Å². The summed E-state index contributed by atoms with van der Waals surface area (Å²) in [6, 6.07) is 8.27. The van der Waals surface area contributed by atoms with Crippen LogP contribution in [0.25, 0.3) is 0 Å². The molecule has 3 nitrogen and oxygen atoms in total. The summed E-state index contributed by atoms with van der Waals surface area (Å²) < 4.78 is 2.05. The quantitative estimate of drug-likeness (QED) is 0.919. The van der Waals surface area contributed by atoms with Crippen molar-refractivity contribution in [2.75, 3.05) is 12.4 Å². The summed E-state index contributed by atoms with van der Waals surface area (Å²) in [6.07, 6.45) is 5.58. The van der Waals surface area contributed by atoms with Gasteiger partial charge in [0, 0.05) is 25.1 Å². The van der Waals surface area contributed by atoms with E-state index in [4.69, 9.17) is 0 Å². The Labute approximate surface area is 108 Å². The third-order valence-corrected chi connectivity index (χ3v) is 2.20. The molecule has 0 fully saturated rings. The topological polar surface area (TPSA) is 29.9 Å². The van der Waals surface area contributed by atoms with Gasteiger partial charge in [0.05, 0.1) is 12.9 Å². The zero-order chi connectivity index (χ0) is 9.80. The smallest absolute Gasteiger partial charge is 0.0949 e. The van der Waals surface area contributed by atoms with Crippen LogP contribution in [0.15, 0.2) is 43.0 Å². The first kappa shape index (κ1) is 14.8. The highest BCUT2D eigenvalue weighted by Gasteiger charge is 1.99. The molecule has 0 saturated heterocycles. The Balaban J connectivity index is 0.00000112. The lowest BCUT2D eigenvalue weighted by atomic mass is 10.2. The first-order chi connectivity index (χ1) is 6.90. The van der Waals surface area contributed by atoms with Gasteiger partial charge < -0.3 is 9.88 Å². The summed E-state index contributed by atoms with van der Waals surface area (Å²) in [6.45, 7) is 0.858. The molecule has 0 radical (unpaired) electrons. The van der Waals surface area contributed by atoms with Gasteiger partial charge in [-0.1, -0.05) is 18.2 Å². The van der Waals surface area contributed by atoms with E-state index in [1.165, 1.54) is 11.3 Å². The van der Waals surface area contributed by atoms with Crippen molar-refractivity contribution in [3.05, 3.63) is 48.5 Å². The van der Waals surface area contributed by atoms with Gasteiger partial charge in [-0.25, -0.2) is 4.98 Å². The predicted molar refractivity (Wildman–Crippen MR) is 71.8 cm³/mol. The van der Waals surface area contributed by atoms with Gasteiger partial charge in [0.2, 0.25) is 0 Å². The van der Waals surface area contributed by atoms with Gasteiger partial charge >= 0.3 is 0 Å². The highest BCUT2D eigenvalue weighted by atomic mass is 35.5. The zero-order valence-corrected chi connectivity index (χ0v) is 10.6. The number of rotatable bonds is 3. The normalized spacial score (nSPS) is 8.81. The molecule has 1 N–H and O–H groups in total. The number of nitrogens with one attached hydrogen (secondary N) is 1. The third kappa shape index (κ3) is 3.43. The van der Waals surface area contributed by atoms with E-state index in [0.29, 0.717) is 0 Å². The molecule has 2 rings (SSSR count). The van der Waals surface area contributed by atoms with Gasteiger partial charge in [-0.2, -0.15) is 0 Å². The van der Waals surface area contributed by atoms with Gasteiger partial charge in [-0.3, -0.25) is 0 Å². The molecule has 5 heteroatoms. The summed E-state index contributed by atoms with van der Waals surface area (Å²) in [4.78, 5) is 4.02. The number of para-hydroxylation sites is 1. The molecule has 0 unspecified atom stereocenters. The van der Waals surface area contributed by atoms with Crippen LogP contribution in [0.4, 0.5) is 5.69 Å². The molecule has 0 spiro atoms. The van der Waals surface area contributed by atoms with Crippen LogP contribution >= 0.6 is 24.8 Å². The number of hydrogen-bond acceptors (Lipinski definition) is 2. The van der Waals surface area contributed by atoms with Crippen molar-refractivity contribution in [3.63, 3.8) is 0 Å². The second-order valence-corrected chi connectivity index (χ2v) is 3.14. The van der Waals surface area contributed by atoms with Crippen molar-refractivity contribution in [3.8, 4) is 0 Å². The molecular weight excluding hydrogens is 245 g/mol. The fraction of sp³-hybridized carbons (Fsp3) is 0.182. The first-order valence-corrected chi connectivity index (χ1v) is 4.61. The van der Waals surface area contributed by atoms with E-state index in [0.717, 1.165) is 6.54 Å². The lowest BCUT2D eigenvalue weighted by Gasteiger charge is -2.08. The predicted octanol–water partition coefficient (Wildman–Crippen LogP) is 2.82. The average Bonchev–Trinajstić information content (AvgIpc) is 2.71. The van der Waals surface area contributed by atoms with Gasteiger partial charge in [-0.05, 0) is 11.6 Å². The van der Waals surface area contributed by atoms with Gasteiger partial charge in [-0.15, -0.1) is 24.8 Å². The van der Waals surface area contributed by atoms with E-state index >= 15 is 0 Å². The largest absolute Gasteiger partial charge is 0.388 e. The molecule has 16 heavy (non-hydrogen) atoms. The molecule has 2 aromatic rings. The summed E-state index contributed by atoms with van der Waals surface area (Å²) >= 11 is 0. The van der Waals surface area contributed by atoms with Crippen LogP contribution in [0, 0.1) is 0 Å². The number of anilines is 1. The first-order valence-electron chi connectivity index (χ1n) is 4.61. The Kier molecular flexibility index (Phi) is 6.61. The van der Waals surface area contributed by atoms with Crippen LogP contribution in [-0.2, 0) is 6.54 Å². The second-order valence-electron chi connectivity index (χ2n) is 3.14. The lowest BCUT2D eigenvalue weighted by molar-refractivity contribution is 0.798. The molecule has 0 aliphatic rings. The number of benzene rings is 1. The maximum atomic E-state index is 4.02. The minimum absolute atomic E-state index is 0. The molecule has 0 atom stereocenters. The van der Waals surface area contributed by atoms with Gasteiger partial charge in [0.25, 0.3) is 0 Å². The van der Waals surface area contributed by atoms with E-state index in [2.05, 4.69) is 27.0 Å². The minimum Gasteiger partial charge on any atom is -0.388 e. The number of nitrogens with zero attached hydrogens (tertiary/aromatic N) is 2. The molecule has 0 aliphatic heterocycles. The Bertz CT molecular complexity index is 401. The lowest BCUT2D eigenvalue weighted by Crippen LogP contribution is -2.00. The molecule has 0 saturated carbocycles. The van der Waals surface area contributed by atoms with E-state index in [-0.39, 0.29) is 24.8 Å².